The standard InChI is InChI=1S/C21H27FN4O3S/c1-25(2)30(28,29)18-9-7-17(8-10-18)26-13-11-16(12-14-26)15-23-21(27)24-20-6-4-3-5-19(20)22/h3-10,16H,11-15H2,1-2H3,(H2,23,24,27). The maximum absolute atomic E-state index is 13.6. The highest BCUT2D eigenvalue weighted by Gasteiger charge is 2.21. The molecular weight excluding hydrogens is 407 g/mol. The van der Waals surface area contributed by atoms with Gasteiger partial charge in [0.2, 0.25) is 10.0 Å². The van der Waals surface area contributed by atoms with Crippen LogP contribution in [0, 0.1) is 11.7 Å². The van der Waals surface area contributed by atoms with Gasteiger partial charge in [0.25, 0.3) is 0 Å². The normalized spacial score (nSPS) is 15.3. The molecule has 0 unspecified atom stereocenters. The molecular formula is C21H27FN4O3S. The Labute approximate surface area is 176 Å². The molecule has 0 saturated carbocycles. The summed E-state index contributed by atoms with van der Waals surface area (Å²) in [5.74, 6) is -0.133. The van der Waals surface area contributed by atoms with Gasteiger partial charge in [0.1, 0.15) is 5.82 Å². The molecule has 0 aliphatic carbocycles. The van der Waals surface area contributed by atoms with E-state index in [0.717, 1.165) is 31.6 Å². The van der Waals surface area contributed by atoms with E-state index in [9.17, 15) is 17.6 Å². The second kappa shape index (κ2) is 9.44. The molecule has 2 aromatic rings. The van der Waals surface area contributed by atoms with Gasteiger partial charge in [0.05, 0.1) is 10.6 Å². The van der Waals surface area contributed by atoms with Crippen LogP contribution >= 0.6 is 0 Å². The predicted molar refractivity (Wildman–Crippen MR) is 116 cm³/mol. The van der Waals surface area contributed by atoms with E-state index in [-0.39, 0.29) is 10.6 Å². The van der Waals surface area contributed by atoms with Crippen molar-refractivity contribution in [1.82, 2.24) is 9.62 Å². The predicted octanol–water partition coefficient (Wildman–Crippen LogP) is 3.11. The molecule has 1 saturated heterocycles. The lowest BCUT2D eigenvalue weighted by Gasteiger charge is -2.33. The lowest BCUT2D eigenvalue weighted by molar-refractivity contribution is 0.248. The SMILES string of the molecule is CN(C)S(=O)(=O)c1ccc(N2CCC(CNC(=O)Nc3ccccc3F)CC2)cc1. The largest absolute Gasteiger partial charge is 0.372 e. The summed E-state index contributed by atoms with van der Waals surface area (Å²) in [6.45, 7) is 2.16. The van der Waals surface area contributed by atoms with E-state index >= 15 is 0 Å². The molecule has 2 N–H and O–H groups in total. The molecule has 1 aliphatic rings. The number of hydrogen-bond acceptors (Lipinski definition) is 4. The number of rotatable bonds is 6. The summed E-state index contributed by atoms with van der Waals surface area (Å²) < 4.78 is 39.1. The summed E-state index contributed by atoms with van der Waals surface area (Å²) in [6.07, 6.45) is 1.80. The minimum absolute atomic E-state index is 0.157. The quantitative estimate of drug-likeness (QED) is 0.732. The number of para-hydroxylation sites is 1. The van der Waals surface area contributed by atoms with Crippen LogP contribution in [-0.4, -0.2) is 52.5 Å². The van der Waals surface area contributed by atoms with Crippen molar-refractivity contribution in [3.05, 3.63) is 54.3 Å². The van der Waals surface area contributed by atoms with Crippen LogP contribution in [0.1, 0.15) is 12.8 Å². The van der Waals surface area contributed by atoms with Gasteiger partial charge in [0.15, 0.2) is 0 Å². The van der Waals surface area contributed by atoms with Crippen molar-refractivity contribution in [3.8, 4) is 0 Å². The van der Waals surface area contributed by atoms with Crippen molar-refractivity contribution in [2.45, 2.75) is 17.7 Å². The second-order valence-corrected chi connectivity index (χ2v) is 9.68. The van der Waals surface area contributed by atoms with E-state index < -0.39 is 21.9 Å². The van der Waals surface area contributed by atoms with Gasteiger partial charge in [-0.2, -0.15) is 0 Å². The number of nitrogens with zero attached hydrogens (tertiary/aromatic N) is 2. The third-order valence-corrected chi connectivity index (χ3v) is 7.10. The molecule has 3 rings (SSSR count). The summed E-state index contributed by atoms with van der Waals surface area (Å²) in [5, 5.41) is 5.33. The highest BCUT2D eigenvalue weighted by atomic mass is 32.2. The van der Waals surface area contributed by atoms with Crippen LogP contribution in [0.2, 0.25) is 0 Å². The first-order valence-electron chi connectivity index (χ1n) is 9.84. The Bertz CT molecular complexity index is 972. The Morgan fingerprint density at radius 3 is 2.33 bits per heavy atom. The van der Waals surface area contributed by atoms with Gasteiger partial charge >= 0.3 is 6.03 Å². The monoisotopic (exact) mass is 434 g/mol. The Hall–Kier alpha value is -2.65. The summed E-state index contributed by atoms with van der Waals surface area (Å²) in [7, 11) is -0.404. The number of sulfonamides is 1. The van der Waals surface area contributed by atoms with Crippen LogP contribution in [0.3, 0.4) is 0 Å². The first-order chi connectivity index (χ1) is 14.3. The zero-order chi connectivity index (χ0) is 21.7. The minimum Gasteiger partial charge on any atom is -0.372 e. The first kappa shape index (κ1) is 22.0. The average molecular weight is 435 g/mol. The third-order valence-electron chi connectivity index (χ3n) is 5.27. The molecule has 2 aromatic carbocycles. The van der Waals surface area contributed by atoms with E-state index in [4.69, 9.17) is 0 Å². The van der Waals surface area contributed by atoms with E-state index in [0.29, 0.717) is 12.5 Å². The molecule has 162 valence electrons. The molecule has 2 amide bonds. The topological polar surface area (TPSA) is 81.8 Å². The number of carbonyl (C=O) groups is 1. The maximum Gasteiger partial charge on any atom is 0.319 e. The van der Waals surface area contributed by atoms with Crippen LogP contribution in [-0.2, 0) is 10.0 Å². The summed E-state index contributed by atoms with van der Waals surface area (Å²) >= 11 is 0. The second-order valence-electron chi connectivity index (χ2n) is 7.53. The van der Waals surface area contributed by atoms with Crippen LogP contribution in [0.5, 0.6) is 0 Å². The highest BCUT2D eigenvalue weighted by molar-refractivity contribution is 7.89. The molecule has 0 atom stereocenters. The summed E-state index contributed by atoms with van der Waals surface area (Å²) in [6, 6.07) is 12.6. The van der Waals surface area contributed by atoms with Crippen molar-refractivity contribution < 1.29 is 17.6 Å². The van der Waals surface area contributed by atoms with Gasteiger partial charge in [0, 0.05) is 39.4 Å². The van der Waals surface area contributed by atoms with Crippen LogP contribution in [0.4, 0.5) is 20.6 Å². The molecule has 0 spiro atoms. The average Bonchev–Trinajstić information content (AvgIpc) is 2.74. The van der Waals surface area contributed by atoms with Gasteiger partial charge < -0.3 is 15.5 Å². The van der Waals surface area contributed by atoms with Gasteiger partial charge in [-0.1, -0.05) is 12.1 Å². The lowest BCUT2D eigenvalue weighted by Crippen LogP contribution is -2.39. The number of halogens is 1. The van der Waals surface area contributed by atoms with E-state index in [2.05, 4.69) is 15.5 Å². The van der Waals surface area contributed by atoms with E-state index in [1.807, 2.05) is 12.1 Å². The molecule has 0 radical (unpaired) electrons. The number of carbonyl (C=O) groups excluding carboxylic acids is 1. The Kier molecular flexibility index (Phi) is 6.94. The van der Waals surface area contributed by atoms with Crippen LogP contribution in [0.25, 0.3) is 0 Å². The number of anilines is 2. The Morgan fingerprint density at radius 2 is 1.73 bits per heavy atom. The molecule has 0 aromatic heterocycles. The van der Waals surface area contributed by atoms with Crippen molar-refractivity contribution in [2.75, 3.05) is 43.9 Å². The van der Waals surface area contributed by atoms with Crippen molar-refractivity contribution in [2.24, 2.45) is 5.92 Å². The number of hydrogen-bond donors (Lipinski definition) is 2. The number of benzene rings is 2. The minimum atomic E-state index is -3.43. The lowest BCUT2D eigenvalue weighted by atomic mass is 9.96. The third kappa shape index (κ3) is 5.28. The van der Waals surface area contributed by atoms with Crippen LogP contribution in [0.15, 0.2) is 53.4 Å². The van der Waals surface area contributed by atoms with Gasteiger partial charge in [-0.25, -0.2) is 21.9 Å². The van der Waals surface area contributed by atoms with E-state index in [1.54, 1.807) is 24.3 Å². The van der Waals surface area contributed by atoms with Crippen molar-refractivity contribution in [1.29, 1.82) is 0 Å². The molecule has 30 heavy (non-hydrogen) atoms. The fourth-order valence-corrected chi connectivity index (χ4v) is 4.30. The van der Waals surface area contributed by atoms with E-state index in [1.165, 1.54) is 30.5 Å². The Morgan fingerprint density at radius 1 is 1.10 bits per heavy atom. The van der Waals surface area contributed by atoms with Crippen molar-refractivity contribution in [3.63, 3.8) is 0 Å². The molecule has 1 fully saturated rings. The first-order valence-corrected chi connectivity index (χ1v) is 11.3. The number of piperidine rings is 1. The number of amides is 2. The molecule has 1 heterocycles. The highest BCUT2D eigenvalue weighted by Crippen LogP contribution is 2.25. The molecule has 0 bridgehead atoms. The fraction of sp³-hybridized carbons (Fsp3) is 0.381. The molecule has 1 aliphatic heterocycles. The van der Waals surface area contributed by atoms with Crippen LogP contribution < -0.4 is 15.5 Å². The van der Waals surface area contributed by atoms with Gasteiger partial charge in [-0.3, -0.25) is 0 Å². The summed E-state index contributed by atoms with van der Waals surface area (Å²) in [5.41, 5.74) is 1.14. The zero-order valence-electron chi connectivity index (χ0n) is 17.1. The van der Waals surface area contributed by atoms with Gasteiger partial charge in [-0.15, -0.1) is 0 Å². The van der Waals surface area contributed by atoms with Crippen molar-refractivity contribution >= 4 is 27.4 Å². The summed E-state index contributed by atoms with van der Waals surface area (Å²) in [4.78, 5) is 14.5. The molecule has 9 heteroatoms. The number of nitrogens with one attached hydrogen (secondary N) is 2. The maximum atomic E-state index is 13.6. The number of urea groups is 1. The van der Waals surface area contributed by atoms with Gasteiger partial charge in [-0.05, 0) is 55.2 Å². The smallest absolute Gasteiger partial charge is 0.319 e. The zero-order valence-corrected chi connectivity index (χ0v) is 18.0. The molecule has 7 nitrogen and oxygen atoms in total. The fourth-order valence-electron chi connectivity index (χ4n) is 3.40. The Balaban J connectivity index is 1.47.